The van der Waals surface area contributed by atoms with Crippen LogP contribution in [0.2, 0.25) is 0 Å². The van der Waals surface area contributed by atoms with Gasteiger partial charge in [0.05, 0.1) is 5.52 Å². The molecule has 3 aromatic carbocycles. The third-order valence-electron chi connectivity index (χ3n) is 6.15. The van der Waals surface area contributed by atoms with E-state index in [2.05, 4.69) is 42.4 Å². The summed E-state index contributed by atoms with van der Waals surface area (Å²) in [6.07, 6.45) is 4.67. The van der Waals surface area contributed by atoms with E-state index in [9.17, 15) is 9.18 Å². The van der Waals surface area contributed by atoms with Crippen LogP contribution in [-0.2, 0) is 4.79 Å². The molecule has 10 nitrogen and oxygen atoms in total. The first kappa shape index (κ1) is 24.6. The fourth-order valence-electron chi connectivity index (χ4n) is 4.17. The fourth-order valence-corrected chi connectivity index (χ4v) is 4.17. The molecule has 0 saturated heterocycles. The molecule has 196 valence electrons. The van der Waals surface area contributed by atoms with Crippen LogP contribution < -0.4 is 15.4 Å². The number of nitrogens with one attached hydrogen (secondary N) is 2. The second-order valence-corrected chi connectivity index (χ2v) is 8.92. The molecule has 3 heterocycles. The molecule has 0 fully saturated rings. The molecule has 0 bridgehead atoms. The fraction of sp³-hybridized carbons (Fsp3) is 0.0345. The van der Waals surface area contributed by atoms with E-state index in [1.807, 2.05) is 49.4 Å². The van der Waals surface area contributed by atoms with Crippen LogP contribution >= 0.6 is 0 Å². The third kappa shape index (κ3) is 5.03. The van der Waals surface area contributed by atoms with Gasteiger partial charge < -0.3 is 15.4 Å². The lowest BCUT2D eigenvalue weighted by molar-refractivity contribution is -0.114. The highest BCUT2D eigenvalue weighted by atomic mass is 19.1. The number of fused-ring (bicyclic) bond motifs is 2. The van der Waals surface area contributed by atoms with Gasteiger partial charge in [0.1, 0.15) is 30.5 Å². The van der Waals surface area contributed by atoms with E-state index in [-0.39, 0.29) is 0 Å². The van der Waals surface area contributed by atoms with Crippen molar-refractivity contribution in [2.45, 2.75) is 6.92 Å². The molecule has 6 aromatic rings. The van der Waals surface area contributed by atoms with Crippen LogP contribution in [0.5, 0.6) is 11.6 Å². The molecule has 0 saturated carbocycles. The van der Waals surface area contributed by atoms with Crippen molar-refractivity contribution >= 4 is 39.6 Å². The number of halogens is 1. The molecule has 11 heteroatoms. The first-order valence-electron chi connectivity index (χ1n) is 12.1. The van der Waals surface area contributed by atoms with E-state index in [0.717, 1.165) is 33.3 Å². The number of benzene rings is 3. The molecule has 0 atom stereocenters. The van der Waals surface area contributed by atoms with Crippen molar-refractivity contribution in [1.82, 2.24) is 29.5 Å². The first-order valence-corrected chi connectivity index (χ1v) is 12.1. The number of hydrogen-bond donors (Lipinski definition) is 2. The Bertz CT molecular complexity index is 1920. The highest BCUT2D eigenvalue weighted by molar-refractivity contribution is 6.02. The number of nitrogens with zero attached hydrogens (tertiary/aromatic N) is 6. The van der Waals surface area contributed by atoms with Crippen LogP contribution in [0.3, 0.4) is 0 Å². The van der Waals surface area contributed by atoms with E-state index < -0.39 is 11.7 Å². The Morgan fingerprint density at radius 1 is 0.950 bits per heavy atom. The number of amides is 1. The van der Waals surface area contributed by atoms with Gasteiger partial charge in [-0.2, -0.15) is 0 Å². The van der Waals surface area contributed by atoms with E-state index in [1.165, 1.54) is 6.33 Å². The van der Waals surface area contributed by atoms with E-state index in [1.54, 1.807) is 41.3 Å². The molecule has 0 spiro atoms. The minimum atomic E-state index is -1.05. The van der Waals surface area contributed by atoms with Crippen molar-refractivity contribution in [3.63, 3.8) is 0 Å². The Balaban J connectivity index is 1.26. The number of carbonyl (C=O) groups excluding carboxylic acids is 1. The van der Waals surface area contributed by atoms with Gasteiger partial charge in [0.25, 0.3) is 5.91 Å². The van der Waals surface area contributed by atoms with Gasteiger partial charge in [-0.1, -0.05) is 24.8 Å². The first-order chi connectivity index (χ1) is 19.4. The maximum absolute atomic E-state index is 13.1. The van der Waals surface area contributed by atoms with Gasteiger partial charge in [-0.05, 0) is 66.1 Å². The number of anilines is 3. The maximum atomic E-state index is 13.1. The molecular weight excluding hydrogens is 511 g/mol. The topological polar surface area (TPSA) is 119 Å². The summed E-state index contributed by atoms with van der Waals surface area (Å²) in [5, 5.41) is 14.5. The van der Waals surface area contributed by atoms with Crippen molar-refractivity contribution in [3.8, 4) is 22.8 Å². The molecule has 3 aromatic heterocycles. The summed E-state index contributed by atoms with van der Waals surface area (Å²) < 4.78 is 20.8. The average Bonchev–Trinajstić information content (AvgIpc) is 3.43. The second-order valence-electron chi connectivity index (χ2n) is 8.92. The molecule has 40 heavy (non-hydrogen) atoms. The Hall–Kier alpha value is -5.71. The molecule has 0 unspecified atom stereocenters. The SMILES string of the molecule is C=C(F)C(=O)Nc1cccc(-c2ccc3ncnc(Nc4ccc(Oc5cc6nncn6cn5)c(C)c4)c3c2)c1. The van der Waals surface area contributed by atoms with Crippen molar-refractivity contribution in [3.05, 3.63) is 104 Å². The molecular formula is C29H21FN8O2. The summed E-state index contributed by atoms with van der Waals surface area (Å²) in [6.45, 7) is 4.97. The van der Waals surface area contributed by atoms with Gasteiger partial charge in [0.2, 0.25) is 5.88 Å². The number of carbonyl (C=O) groups is 1. The van der Waals surface area contributed by atoms with Gasteiger partial charge in [-0.3, -0.25) is 9.20 Å². The van der Waals surface area contributed by atoms with Crippen molar-refractivity contribution in [1.29, 1.82) is 0 Å². The molecule has 6 rings (SSSR count). The van der Waals surface area contributed by atoms with Crippen LogP contribution in [0.15, 0.2) is 98.1 Å². The molecule has 0 aliphatic rings. The smallest absolute Gasteiger partial charge is 0.283 e. The lowest BCUT2D eigenvalue weighted by Crippen LogP contribution is -2.10. The predicted molar refractivity (Wildman–Crippen MR) is 149 cm³/mol. The molecule has 0 aliphatic heterocycles. The zero-order chi connectivity index (χ0) is 27.6. The Kier molecular flexibility index (Phi) is 6.29. The van der Waals surface area contributed by atoms with Crippen molar-refractivity contribution < 1.29 is 13.9 Å². The lowest BCUT2D eigenvalue weighted by atomic mass is 10.0. The van der Waals surface area contributed by atoms with Gasteiger partial charge in [0.15, 0.2) is 11.5 Å². The number of rotatable bonds is 7. The van der Waals surface area contributed by atoms with Crippen LogP contribution in [0.4, 0.5) is 21.6 Å². The Labute approximate surface area is 227 Å². The monoisotopic (exact) mass is 532 g/mol. The zero-order valence-electron chi connectivity index (χ0n) is 21.2. The summed E-state index contributed by atoms with van der Waals surface area (Å²) in [5.41, 5.74) is 5.25. The minimum absolute atomic E-state index is 0.414. The number of ether oxygens (including phenoxy) is 1. The number of aryl methyl sites for hydroxylation is 1. The van der Waals surface area contributed by atoms with E-state index >= 15 is 0 Å². The second kappa shape index (κ2) is 10.2. The summed E-state index contributed by atoms with van der Waals surface area (Å²) in [6, 6.07) is 20.3. The van der Waals surface area contributed by atoms with Crippen LogP contribution in [0, 0.1) is 6.92 Å². The minimum Gasteiger partial charge on any atom is -0.439 e. The summed E-state index contributed by atoms with van der Waals surface area (Å²) in [5.74, 6) is -0.243. The van der Waals surface area contributed by atoms with Gasteiger partial charge in [-0.15, -0.1) is 10.2 Å². The van der Waals surface area contributed by atoms with Crippen LogP contribution in [0.25, 0.3) is 27.7 Å². The highest BCUT2D eigenvalue weighted by Crippen LogP contribution is 2.32. The highest BCUT2D eigenvalue weighted by Gasteiger charge is 2.11. The normalized spacial score (nSPS) is 10.9. The number of aromatic nitrogens is 6. The predicted octanol–water partition coefficient (Wildman–Crippen LogP) is 6.00. The summed E-state index contributed by atoms with van der Waals surface area (Å²) in [4.78, 5) is 24.8. The Morgan fingerprint density at radius 2 is 1.82 bits per heavy atom. The van der Waals surface area contributed by atoms with Crippen molar-refractivity contribution in [2.75, 3.05) is 10.6 Å². The van der Waals surface area contributed by atoms with E-state index in [4.69, 9.17) is 4.74 Å². The standard InChI is InChI=1S/C29H21FN8O2/c1-17-10-22(7-9-25(17)40-27-13-26-37-34-16-38(26)15-33-27)35-28-23-12-20(6-8-24(23)31-14-32-28)19-4-3-5-21(11-19)36-29(39)18(2)30/h3-16H,2H2,1H3,(H,36,39)(H,31,32,35). The van der Waals surface area contributed by atoms with Crippen LogP contribution in [-0.4, -0.2) is 35.5 Å². The maximum Gasteiger partial charge on any atom is 0.283 e. The van der Waals surface area contributed by atoms with Gasteiger partial charge >= 0.3 is 0 Å². The molecule has 1 amide bonds. The van der Waals surface area contributed by atoms with Crippen LogP contribution in [0.1, 0.15) is 5.56 Å². The summed E-state index contributed by atoms with van der Waals surface area (Å²) >= 11 is 0. The van der Waals surface area contributed by atoms with Crippen molar-refractivity contribution in [2.24, 2.45) is 0 Å². The van der Waals surface area contributed by atoms with Gasteiger partial charge in [0, 0.05) is 22.8 Å². The molecule has 0 aliphatic carbocycles. The Morgan fingerprint density at radius 3 is 2.67 bits per heavy atom. The molecule has 0 radical (unpaired) electrons. The number of hydrogen-bond acceptors (Lipinski definition) is 8. The summed E-state index contributed by atoms with van der Waals surface area (Å²) in [7, 11) is 0. The van der Waals surface area contributed by atoms with E-state index in [0.29, 0.717) is 28.8 Å². The lowest BCUT2D eigenvalue weighted by Gasteiger charge is -2.13. The largest absolute Gasteiger partial charge is 0.439 e. The third-order valence-corrected chi connectivity index (χ3v) is 6.15. The quantitative estimate of drug-likeness (QED) is 0.240. The average molecular weight is 533 g/mol. The molecule has 2 N–H and O–H groups in total. The zero-order valence-corrected chi connectivity index (χ0v) is 21.2. The van der Waals surface area contributed by atoms with Gasteiger partial charge in [-0.25, -0.2) is 19.3 Å².